The molecule has 2 aromatic heterocycles. The van der Waals surface area contributed by atoms with Crippen LogP contribution in [0.4, 0.5) is 10.2 Å². The molecule has 1 unspecified atom stereocenters. The monoisotopic (exact) mass is 442 g/mol. The number of aliphatic carboxylic acids is 1. The zero-order chi connectivity index (χ0) is 26.6. The van der Waals surface area contributed by atoms with E-state index in [4.69, 9.17) is 38.8 Å². The molecule has 0 fully saturated rings. The third-order valence-electron chi connectivity index (χ3n) is 3.74. The van der Waals surface area contributed by atoms with Gasteiger partial charge in [0.15, 0.2) is 5.54 Å². The molecule has 3 rings (SSSR count). The minimum atomic E-state index is -2.88. The highest BCUT2D eigenvalue weighted by Gasteiger charge is 2.39. The number of carboxylic acid groups (broad SMARTS) is 1. The fourth-order valence-electron chi connectivity index (χ4n) is 2.51. The molecule has 11 heteroatoms. The molecule has 0 aromatic carbocycles. The second-order valence-electron chi connectivity index (χ2n) is 6.12. The Hall–Kier alpha value is -3.11. The zero-order valence-electron chi connectivity index (χ0n) is 20.7. The van der Waals surface area contributed by atoms with Crippen LogP contribution in [-0.2, 0) is 15.1 Å². The number of amides is 1. The maximum absolute atomic E-state index is 13.9. The SMILES string of the molecule is CC(=O)[O-].[2H]c1nc(C(=O)Nc2cc(C3(CF)COCC(N)=[NH+]3)ccn2)c(C([2H])([2H])[2H])c([2H])c1Cl. The van der Waals surface area contributed by atoms with Crippen molar-refractivity contribution in [3.8, 4) is 0 Å². The van der Waals surface area contributed by atoms with Crippen LogP contribution in [0.25, 0.3) is 0 Å². The summed E-state index contributed by atoms with van der Waals surface area (Å²) >= 11 is 5.78. The summed E-state index contributed by atoms with van der Waals surface area (Å²) in [5.41, 5.74) is 3.50. The van der Waals surface area contributed by atoms with Crippen molar-refractivity contribution >= 4 is 35.1 Å². The van der Waals surface area contributed by atoms with Gasteiger partial charge in [0.05, 0.1) is 14.4 Å². The number of carboxylic acids is 1. The molecule has 0 spiro atoms. The summed E-state index contributed by atoms with van der Waals surface area (Å²) in [5, 5.41) is 10.8. The predicted molar refractivity (Wildman–Crippen MR) is 105 cm³/mol. The van der Waals surface area contributed by atoms with Crippen molar-refractivity contribution in [2.45, 2.75) is 19.3 Å². The predicted octanol–water partition coefficient (Wildman–Crippen LogP) is -0.920. The second kappa shape index (κ2) is 10.1. The van der Waals surface area contributed by atoms with Crippen LogP contribution in [0.2, 0.25) is 5.02 Å². The number of ether oxygens (including phenoxy) is 1. The van der Waals surface area contributed by atoms with Gasteiger partial charge < -0.3 is 20.0 Å². The number of hydrogen-bond acceptors (Lipinski definition) is 7. The molecule has 0 saturated heterocycles. The van der Waals surface area contributed by atoms with Crippen LogP contribution in [-0.4, -0.2) is 47.6 Å². The molecule has 2 aromatic rings. The quantitative estimate of drug-likeness (QED) is 0.555. The topological polar surface area (TPSA) is 144 Å². The number of amidine groups is 1. The molecule has 1 aliphatic heterocycles. The first-order valence-electron chi connectivity index (χ1n) is 10.9. The molecular formula is C19H21ClFN5O4. The van der Waals surface area contributed by atoms with Gasteiger partial charge in [-0.05, 0) is 37.5 Å². The third-order valence-corrected chi connectivity index (χ3v) is 3.92. The minimum Gasteiger partial charge on any atom is -0.550 e. The Kier molecular flexibility index (Phi) is 5.60. The van der Waals surface area contributed by atoms with Crippen molar-refractivity contribution in [2.75, 3.05) is 25.2 Å². The Morgan fingerprint density at radius 1 is 1.57 bits per heavy atom. The van der Waals surface area contributed by atoms with Crippen molar-refractivity contribution in [1.82, 2.24) is 9.97 Å². The van der Waals surface area contributed by atoms with Crippen LogP contribution < -0.4 is 21.1 Å². The molecule has 9 nitrogen and oxygen atoms in total. The van der Waals surface area contributed by atoms with Gasteiger partial charge in [-0.15, -0.1) is 0 Å². The maximum atomic E-state index is 13.9. The molecule has 3 heterocycles. The van der Waals surface area contributed by atoms with Crippen LogP contribution in [0.3, 0.4) is 0 Å². The molecule has 0 radical (unpaired) electrons. The molecule has 30 heavy (non-hydrogen) atoms. The summed E-state index contributed by atoms with van der Waals surface area (Å²) < 4.78 is 57.7. The first-order chi connectivity index (χ1) is 16.2. The number of carbonyl (C=O) groups excluding carboxylic acids is 2. The van der Waals surface area contributed by atoms with E-state index in [9.17, 15) is 9.18 Å². The van der Waals surface area contributed by atoms with Gasteiger partial charge >= 0.3 is 0 Å². The van der Waals surface area contributed by atoms with Gasteiger partial charge in [0.1, 0.15) is 24.8 Å². The fourth-order valence-corrected chi connectivity index (χ4v) is 2.65. The van der Waals surface area contributed by atoms with Gasteiger partial charge in [-0.25, -0.2) is 14.4 Å². The first-order valence-corrected chi connectivity index (χ1v) is 8.75. The fraction of sp³-hybridized carbons (Fsp3) is 0.316. The average molecular weight is 443 g/mol. The Morgan fingerprint density at radius 2 is 2.30 bits per heavy atom. The Labute approximate surface area is 184 Å². The van der Waals surface area contributed by atoms with E-state index in [0.29, 0.717) is 5.56 Å². The van der Waals surface area contributed by atoms with Crippen molar-refractivity contribution in [1.29, 1.82) is 0 Å². The highest BCUT2D eigenvalue weighted by atomic mass is 35.5. The standard InChI is InChI=1S/C17H17ClFN5O2.C2H4O2/c1-10-4-12(18)6-22-15(10)16(25)23-14-5-11(2-3-21-14)17(8-19)9-26-7-13(20)24-17;1-2(3)4/h2-6H,7-9H2,1H3,(H2,20,24)(H,21,23,25);1H3,(H,3,4)/i1D3,4D,6D;. The minimum absolute atomic E-state index is 0.0199. The number of nitrogens with zero attached hydrogens (tertiary/aromatic N) is 2. The van der Waals surface area contributed by atoms with E-state index < -0.39 is 59.4 Å². The largest absolute Gasteiger partial charge is 0.550 e. The maximum Gasteiger partial charge on any atom is 0.275 e. The molecule has 4 N–H and O–H groups in total. The molecule has 0 saturated carbocycles. The van der Waals surface area contributed by atoms with E-state index in [-0.39, 0.29) is 24.9 Å². The first kappa shape index (κ1) is 16.7. The number of pyridine rings is 2. The number of halogens is 2. The molecule has 0 bridgehead atoms. The van der Waals surface area contributed by atoms with Gasteiger partial charge in [0.25, 0.3) is 11.7 Å². The van der Waals surface area contributed by atoms with E-state index in [1.807, 2.05) is 0 Å². The van der Waals surface area contributed by atoms with Gasteiger partial charge in [0.2, 0.25) is 0 Å². The summed E-state index contributed by atoms with van der Waals surface area (Å²) in [4.78, 5) is 32.2. The highest BCUT2D eigenvalue weighted by Crippen LogP contribution is 2.22. The van der Waals surface area contributed by atoms with Gasteiger partial charge in [0, 0.05) is 28.0 Å². The van der Waals surface area contributed by atoms with Crippen LogP contribution in [0.1, 0.15) is 35.4 Å². The molecule has 1 aliphatic rings. The lowest BCUT2D eigenvalue weighted by atomic mass is 9.92. The number of hydrogen-bond donors (Lipinski definition) is 3. The summed E-state index contributed by atoms with van der Waals surface area (Å²) in [7, 11) is 0. The van der Waals surface area contributed by atoms with Crippen LogP contribution in [0, 0.1) is 6.85 Å². The molecule has 160 valence electrons. The zero-order valence-corrected chi connectivity index (χ0v) is 16.5. The normalized spacial score (nSPS) is 20.8. The molecule has 0 aliphatic carbocycles. The van der Waals surface area contributed by atoms with E-state index >= 15 is 0 Å². The second-order valence-corrected chi connectivity index (χ2v) is 6.50. The Balaban J connectivity index is 0.00000100. The Morgan fingerprint density at radius 3 is 2.93 bits per heavy atom. The molecule has 1 amide bonds. The average Bonchev–Trinajstić information content (AvgIpc) is 2.76. The van der Waals surface area contributed by atoms with E-state index in [0.717, 1.165) is 6.92 Å². The molecular weight excluding hydrogens is 417 g/mol. The van der Waals surface area contributed by atoms with Crippen molar-refractivity contribution in [3.63, 3.8) is 0 Å². The Bertz CT molecular complexity index is 1160. The molecule has 1 atom stereocenters. The lowest BCUT2D eigenvalue weighted by molar-refractivity contribution is -0.581. The summed E-state index contributed by atoms with van der Waals surface area (Å²) in [5.74, 6) is -1.89. The lowest BCUT2D eigenvalue weighted by Crippen LogP contribution is -2.91. The van der Waals surface area contributed by atoms with Gasteiger partial charge in [-0.2, -0.15) is 0 Å². The van der Waals surface area contributed by atoms with Crippen molar-refractivity contribution in [3.05, 3.63) is 52.4 Å². The highest BCUT2D eigenvalue weighted by molar-refractivity contribution is 6.30. The smallest absolute Gasteiger partial charge is 0.275 e. The number of anilines is 1. The number of alkyl halides is 1. The van der Waals surface area contributed by atoms with E-state index in [1.165, 1.54) is 18.3 Å². The number of nitrogens with two attached hydrogens (primary N) is 1. The van der Waals surface area contributed by atoms with Gasteiger partial charge in [-0.3, -0.25) is 15.5 Å². The summed E-state index contributed by atoms with van der Waals surface area (Å²) in [6.07, 6.45) is 0.707. The summed E-state index contributed by atoms with van der Waals surface area (Å²) in [6.45, 7) is -2.66. The van der Waals surface area contributed by atoms with Crippen LogP contribution in [0.15, 0.2) is 30.5 Å². The number of rotatable bonds is 4. The van der Waals surface area contributed by atoms with Crippen molar-refractivity contribution < 1.29 is 35.7 Å². The van der Waals surface area contributed by atoms with E-state index in [1.54, 1.807) is 0 Å². The number of aromatic nitrogens is 2. The third kappa shape index (κ3) is 5.94. The van der Waals surface area contributed by atoms with Crippen molar-refractivity contribution in [2.24, 2.45) is 5.73 Å². The number of nitrogens with one attached hydrogen (secondary N) is 2. The lowest BCUT2D eigenvalue weighted by Gasteiger charge is -2.28. The number of carbonyl (C=O) groups is 2. The van der Waals surface area contributed by atoms with Crippen LogP contribution in [0.5, 0.6) is 0 Å². The summed E-state index contributed by atoms with van der Waals surface area (Å²) in [6, 6.07) is 2.21. The van der Waals surface area contributed by atoms with Gasteiger partial charge in [-0.1, -0.05) is 11.6 Å². The van der Waals surface area contributed by atoms with Crippen LogP contribution >= 0.6 is 11.6 Å². The van der Waals surface area contributed by atoms with E-state index in [2.05, 4.69) is 20.3 Å².